The number of hydrogen-bond acceptors (Lipinski definition) is 2. The molecule has 2 unspecified atom stereocenters. The van der Waals surface area contributed by atoms with Gasteiger partial charge in [0.25, 0.3) is 0 Å². The van der Waals surface area contributed by atoms with Crippen molar-refractivity contribution in [3.63, 3.8) is 0 Å². The summed E-state index contributed by atoms with van der Waals surface area (Å²) in [7, 11) is 1.97. The van der Waals surface area contributed by atoms with Crippen LogP contribution < -0.4 is 5.32 Å². The molecule has 1 fully saturated rings. The number of nitrogens with one attached hydrogen (secondary N) is 1. The zero-order valence-corrected chi connectivity index (χ0v) is 11.2. The van der Waals surface area contributed by atoms with Crippen molar-refractivity contribution in [1.82, 2.24) is 15.1 Å². The van der Waals surface area contributed by atoms with Gasteiger partial charge in [-0.3, -0.25) is 4.68 Å². The highest BCUT2D eigenvalue weighted by Gasteiger charge is 2.17. The van der Waals surface area contributed by atoms with Crippen LogP contribution in [0.25, 0.3) is 0 Å². The summed E-state index contributed by atoms with van der Waals surface area (Å²) in [5.74, 6) is 1.91. The Bertz CT molecular complexity index is 332. The third-order valence-corrected chi connectivity index (χ3v) is 3.86. The molecule has 3 heteroatoms. The predicted molar refractivity (Wildman–Crippen MR) is 70.7 cm³/mol. The van der Waals surface area contributed by atoms with Crippen molar-refractivity contribution < 1.29 is 0 Å². The molecule has 1 aromatic rings. The average molecular weight is 235 g/mol. The van der Waals surface area contributed by atoms with Gasteiger partial charge in [0.2, 0.25) is 0 Å². The van der Waals surface area contributed by atoms with E-state index in [0.717, 1.165) is 24.9 Å². The summed E-state index contributed by atoms with van der Waals surface area (Å²) in [6.07, 6.45) is 11.1. The molecule has 0 bridgehead atoms. The quantitative estimate of drug-likeness (QED) is 0.795. The molecular formula is C14H25N3. The van der Waals surface area contributed by atoms with Gasteiger partial charge in [0.05, 0.1) is 6.20 Å². The molecule has 2 rings (SSSR count). The number of rotatable bonds is 5. The third-order valence-electron chi connectivity index (χ3n) is 3.86. The zero-order chi connectivity index (χ0) is 12.1. The van der Waals surface area contributed by atoms with Crippen LogP contribution in [-0.4, -0.2) is 16.3 Å². The van der Waals surface area contributed by atoms with Gasteiger partial charge >= 0.3 is 0 Å². The van der Waals surface area contributed by atoms with Crippen LogP contribution in [0.5, 0.6) is 0 Å². The monoisotopic (exact) mass is 235 g/mol. The van der Waals surface area contributed by atoms with Crippen LogP contribution in [0.3, 0.4) is 0 Å². The maximum Gasteiger partial charge on any atom is 0.0534 e. The molecule has 96 valence electrons. The van der Waals surface area contributed by atoms with E-state index in [1.54, 1.807) is 0 Å². The largest absolute Gasteiger partial charge is 0.313 e. The lowest BCUT2D eigenvalue weighted by molar-refractivity contribution is 0.267. The van der Waals surface area contributed by atoms with Gasteiger partial charge in [-0.25, -0.2) is 0 Å². The predicted octanol–water partition coefficient (Wildman–Crippen LogP) is 2.73. The molecule has 0 aromatic carbocycles. The number of aromatic nitrogens is 2. The first-order valence-corrected chi connectivity index (χ1v) is 6.92. The zero-order valence-electron chi connectivity index (χ0n) is 11.2. The number of nitrogens with zero attached hydrogens (tertiary/aromatic N) is 2. The smallest absolute Gasteiger partial charge is 0.0534 e. The van der Waals surface area contributed by atoms with Crippen molar-refractivity contribution in [2.24, 2.45) is 18.9 Å². The van der Waals surface area contributed by atoms with Gasteiger partial charge in [0, 0.05) is 25.4 Å². The molecule has 1 heterocycles. The lowest BCUT2D eigenvalue weighted by atomic mass is 9.81. The molecule has 1 aliphatic carbocycles. The van der Waals surface area contributed by atoms with E-state index < -0.39 is 0 Å². The fourth-order valence-corrected chi connectivity index (χ4v) is 2.92. The van der Waals surface area contributed by atoms with Gasteiger partial charge in [-0.2, -0.15) is 5.10 Å². The van der Waals surface area contributed by atoms with Gasteiger partial charge in [0.15, 0.2) is 0 Å². The highest BCUT2D eigenvalue weighted by Crippen LogP contribution is 2.30. The van der Waals surface area contributed by atoms with E-state index in [1.807, 2.05) is 17.9 Å². The Labute approximate surface area is 105 Å². The molecule has 3 nitrogen and oxygen atoms in total. The SMILES string of the molecule is CC1CCCC(CCNCc2cnn(C)c2)C1. The maximum absolute atomic E-state index is 4.17. The Morgan fingerprint density at radius 3 is 3.06 bits per heavy atom. The van der Waals surface area contributed by atoms with Crippen LogP contribution in [0.1, 0.15) is 44.6 Å². The molecule has 17 heavy (non-hydrogen) atoms. The molecule has 2 atom stereocenters. The summed E-state index contributed by atoms with van der Waals surface area (Å²) in [6, 6.07) is 0. The highest BCUT2D eigenvalue weighted by molar-refractivity contribution is 5.02. The van der Waals surface area contributed by atoms with Crippen molar-refractivity contribution in [1.29, 1.82) is 0 Å². The van der Waals surface area contributed by atoms with Gasteiger partial charge in [-0.1, -0.05) is 26.2 Å². The Morgan fingerprint density at radius 2 is 2.35 bits per heavy atom. The summed E-state index contributed by atoms with van der Waals surface area (Å²) in [6.45, 7) is 4.50. The summed E-state index contributed by atoms with van der Waals surface area (Å²) < 4.78 is 1.86. The first-order valence-electron chi connectivity index (χ1n) is 6.92. The number of hydrogen-bond donors (Lipinski definition) is 1. The van der Waals surface area contributed by atoms with Crippen LogP contribution >= 0.6 is 0 Å². The third kappa shape index (κ3) is 4.15. The average Bonchev–Trinajstić information content (AvgIpc) is 2.71. The minimum atomic E-state index is 0.951. The topological polar surface area (TPSA) is 29.9 Å². The molecule has 0 spiro atoms. The van der Waals surface area contributed by atoms with Crippen molar-refractivity contribution in [3.05, 3.63) is 18.0 Å². The second-order valence-corrected chi connectivity index (χ2v) is 5.63. The fourth-order valence-electron chi connectivity index (χ4n) is 2.92. The molecule has 0 amide bonds. The minimum absolute atomic E-state index is 0.951. The van der Waals surface area contributed by atoms with Crippen molar-refractivity contribution in [2.45, 2.75) is 45.6 Å². The summed E-state index contributed by atoms with van der Waals surface area (Å²) in [5.41, 5.74) is 1.28. The summed E-state index contributed by atoms with van der Waals surface area (Å²) >= 11 is 0. The Morgan fingerprint density at radius 1 is 1.47 bits per heavy atom. The van der Waals surface area contributed by atoms with Gasteiger partial charge in [-0.05, 0) is 31.2 Å². The number of aryl methyl sites for hydroxylation is 1. The molecule has 1 saturated carbocycles. The normalized spacial score (nSPS) is 25.1. The highest BCUT2D eigenvalue weighted by atomic mass is 15.2. The van der Waals surface area contributed by atoms with E-state index in [0.29, 0.717) is 0 Å². The molecule has 1 aliphatic rings. The van der Waals surface area contributed by atoms with E-state index in [2.05, 4.69) is 23.5 Å². The lowest BCUT2D eigenvalue weighted by Crippen LogP contribution is -2.20. The van der Waals surface area contributed by atoms with E-state index in [-0.39, 0.29) is 0 Å². The van der Waals surface area contributed by atoms with E-state index in [1.165, 1.54) is 37.7 Å². The molecule has 1 N–H and O–H groups in total. The first-order chi connectivity index (χ1) is 8.24. The first kappa shape index (κ1) is 12.6. The van der Waals surface area contributed by atoms with Crippen LogP contribution in [-0.2, 0) is 13.6 Å². The van der Waals surface area contributed by atoms with Gasteiger partial charge in [0.1, 0.15) is 0 Å². The van der Waals surface area contributed by atoms with Crippen molar-refractivity contribution in [3.8, 4) is 0 Å². The molecule has 0 saturated heterocycles. The van der Waals surface area contributed by atoms with Gasteiger partial charge in [-0.15, -0.1) is 0 Å². The molecular weight excluding hydrogens is 210 g/mol. The van der Waals surface area contributed by atoms with E-state index in [9.17, 15) is 0 Å². The maximum atomic E-state index is 4.17. The van der Waals surface area contributed by atoms with Gasteiger partial charge < -0.3 is 5.32 Å². The van der Waals surface area contributed by atoms with Crippen LogP contribution in [0.2, 0.25) is 0 Å². The summed E-state index contributed by atoms with van der Waals surface area (Å²) in [5, 5.41) is 7.70. The van der Waals surface area contributed by atoms with Crippen molar-refractivity contribution >= 4 is 0 Å². The Hall–Kier alpha value is -0.830. The fraction of sp³-hybridized carbons (Fsp3) is 0.786. The summed E-state index contributed by atoms with van der Waals surface area (Å²) in [4.78, 5) is 0. The van der Waals surface area contributed by atoms with Crippen molar-refractivity contribution in [2.75, 3.05) is 6.54 Å². The van der Waals surface area contributed by atoms with E-state index >= 15 is 0 Å². The second-order valence-electron chi connectivity index (χ2n) is 5.63. The van der Waals surface area contributed by atoms with Crippen LogP contribution in [0, 0.1) is 11.8 Å². The molecule has 0 aliphatic heterocycles. The van der Waals surface area contributed by atoms with Crippen LogP contribution in [0.15, 0.2) is 12.4 Å². The molecule has 1 aromatic heterocycles. The minimum Gasteiger partial charge on any atom is -0.313 e. The second kappa shape index (κ2) is 6.20. The van der Waals surface area contributed by atoms with E-state index in [4.69, 9.17) is 0 Å². The lowest BCUT2D eigenvalue weighted by Gasteiger charge is -2.26. The Balaban J connectivity index is 1.59. The van der Waals surface area contributed by atoms with Crippen LogP contribution in [0.4, 0.5) is 0 Å². The standard InChI is InChI=1S/C14H25N3/c1-12-4-3-5-13(8-12)6-7-15-9-14-10-16-17(2)11-14/h10-13,15H,3-9H2,1-2H3. The Kier molecular flexibility index (Phi) is 4.60. The molecule has 0 radical (unpaired) electrons.